The molecule has 1 saturated heterocycles. The van der Waals surface area contributed by atoms with Crippen molar-refractivity contribution in [1.29, 1.82) is 0 Å². The SMILES string of the molecule is CC(C)(c1ccccc1)[C@@H](NC(=O)CNC(=O)COc1ccc([C@@H]2[C@@H](SC[C@@H](O)c3ccc(F)cc3)C(=O)N2c2ccc(F)cc2)cc1)C(=O)O. The lowest BCUT2D eigenvalue weighted by Gasteiger charge is -2.47. The molecule has 13 heteroatoms. The molecule has 1 fully saturated rings. The number of nitrogens with one attached hydrogen (secondary N) is 2. The number of carboxylic acid groups (broad SMARTS) is 1. The van der Waals surface area contributed by atoms with Crippen LogP contribution >= 0.6 is 11.8 Å². The number of aliphatic carboxylic acids is 1. The highest BCUT2D eigenvalue weighted by Gasteiger charge is 2.49. The number of hydrogen-bond acceptors (Lipinski definition) is 7. The van der Waals surface area contributed by atoms with Crippen LogP contribution in [-0.2, 0) is 24.6 Å². The summed E-state index contributed by atoms with van der Waals surface area (Å²) in [6, 6.07) is 25.0. The van der Waals surface area contributed by atoms with Gasteiger partial charge in [-0.1, -0.05) is 68.4 Å². The summed E-state index contributed by atoms with van der Waals surface area (Å²) in [4.78, 5) is 52.0. The van der Waals surface area contributed by atoms with Crippen LogP contribution in [0.4, 0.5) is 14.5 Å². The standard InChI is InChI=1S/C38H37F2N3O7S/c1-38(2,25-6-4-3-5-7-25)35(37(48)49)42-31(45)20-41-32(46)21-50-29-18-10-24(11-19-29)33-34(36(47)43(33)28-16-14-27(40)15-17-28)51-22-30(44)23-8-12-26(39)13-9-23/h3-19,30,33-35,44H,20-22H2,1-2H3,(H,41,46)(H,42,45)(H,48,49)/t30-,33-,34-,35+/m1/s1. The fourth-order valence-electron chi connectivity index (χ4n) is 5.75. The van der Waals surface area contributed by atoms with Crippen LogP contribution in [0.2, 0.25) is 0 Å². The number of carbonyl (C=O) groups excluding carboxylic acids is 3. The van der Waals surface area contributed by atoms with Gasteiger partial charge in [-0.15, -0.1) is 11.8 Å². The number of carboxylic acids is 1. The summed E-state index contributed by atoms with van der Waals surface area (Å²) < 4.78 is 32.6. The highest BCUT2D eigenvalue weighted by molar-refractivity contribution is 8.00. The first kappa shape index (κ1) is 37.0. The van der Waals surface area contributed by atoms with E-state index in [0.29, 0.717) is 17.0 Å². The van der Waals surface area contributed by atoms with Crippen molar-refractivity contribution in [3.8, 4) is 5.75 Å². The maximum atomic E-state index is 13.7. The molecule has 1 heterocycles. The van der Waals surface area contributed by atoms with Crippen LogP contribution < -0.4 is 20.3 Å². The zero-order valence-electron chi connectivity index (χ0n) is 27.8. The second-order valence-electron chi connectivity index (χ2n) is 12.5. The average molecular weight is 718 g/mol. The minimum Gasteiger partial charge on any atom is -0.484 e. The van der Waals surface area contributed by atoms with E-state index < -0.39 is 71.4 Å². The molecular formula is C38H37F2N3O7S. The summed E-state index contributed by atoms with van der Waals surface area (Å²) in [5.41, 5.74) is 1.54. The number of thioether (sulfide) groups is 1. The predicted molar refractivity (Wildman–Crippen MR) is 188 cm³/mol. The molecule has 0 bridgehead atoms. The fraction of sp³-hybridized carbons (Fsp3) is 0.263. The van der Waals surface area contributed by atoms with E-state index in [1.807, 2.05) is 6.07 Å². The largest absolute Gasteiger partial charge is 0.484 e. The number of benzene rings is 4. The van der Waals surface area contributed by atoms with Crippen molar-refractivity contribution in [3.63, 3.8) is 0 Å². The molecule has 51 heavy (non-hydrogen) atoms. The van der Waals surface area contributed by atoms with Gasteiger partial charge in [0, 0.05) is 16.9 Å². The molecule has 266 valence electrons. The van der Waals surface area contributed by atoms with Gasteiger partial charge in [0.2, 0.25) is 11.8 Å². The normalized spacial score (nSPS) is 16.8. The Morgan fingerprint density at radius 1 is 0.882 bits per heavy atom. The van der Waals surface area contributed by atoms with Crippen LogP contribution in [0.1, 0.15) is 42.7 Å². The summed E-state index contributed by atoms with van der Waals surface area (Å²) in [6.07, 6.45) is -0.934. The van der Waals surface area contributed by atoms with Crippen LogP contribution in [0, 0.1) is 11.6 Å². The number of aliphatic hydroxyl groups is 1. The Morgan fingerprint density at radius 2 is 1.49 bits per heavy atom. The third kappa shape index (κ3) is 8.91. The lowest BCUT2D eigenvalue weighted by atomic mass is 9.77. The Kier molecular flexibility index (Phi) is 11.7. The minimum absolute atomic E-state index is 0.172. The zero-order chi connectivity index (χ0) is 36.7. The van der Waals surface area contributed by atoms with Gasteiger partial charge in [-0.3, -0.25) is 14.4 Å². The first-order valence-electron chi connectivity index (χ1n) is 16.1. The first-order chi connectivity index (χ1) is 24.3. The van der Waals surface area contributed by atoms with E-state index >= 15 is 0 Å². The van der Waals surface area contributed by atoms with E-state index in [1.54, 1.807) is 67.3 Å². The number of nitrogens with zero attached hydrogens (tertiary/aromatic N) is 1. The van der Waals surface area contributed by atoms with E-state index in [2.05, 4.69) is 10.6 Å². The number of ether oxygens (including phenoxy) is 1. The van der Waals surface area contributed by atoms with Crippen molar-refractivity contribution in [2.24, 2.45) is 0 Å². The molecule has 0 unspecified atom stereocenters. The third-order valence-electron chi connectivity index (χ3n) is 8.67. The van der Waals surface area contributed by atoms with E-state index in [-0.39, 0.29) is 11.7 Å². The van der Waals surface area contributed by atoms with Gasteiger partial charge in [-0.2, -0.15) is 0 Å². The van der Waals surface area contributed by atoms with Crippen LogP contribution in [0.3, 0.4) is 0 Å². The van der Waals surface area contributed by atoms with Crippen LogP contribution in [0.15, 0.2) is 103 Å². The Labute approximate surface area is 297 Å². The van der Waals surface area contributed by atoms with Gasteiger partial charge in [-0.05, 0) is 65.2 Å². The van der Waals surface area contributed by atoms with Crippen LogP contribution in [0.25, 0.3) is 0 Å². The number of rotatable bonds is 15. The lowest BCUT2D eigenvalue weighted by Crippen LogP contribution is -2.57. The molecule has 0 aromatic heterocycles. The molecule has 4 aromatic rings. The summed E-state index contributed by atoms with van der Waals surface area (Å²) in [5, 5.41) is 24.8. The van der Waals surface area contributed by atoms with E-state index in [9.17, 15) is 38.2 Å². The Balaban J connectivity index is 1.17. The maximum Gasteiger partial charge on any atom is 0.327 e. The summed E-state index contributed by atoms with van der Waals surface area (Å²) in [5.74, 6) is -3.08. The number of aliphatic hydroxyl groups excluding tert-OH is 1. The molecule has 1 aliphatic rings. The van der Waals surface area contributed by atoms with E-state index in [4.69, 9.17) is 4.74 Å². The number of hydrogen-bond donors (Lipinski definition) is 4. The van der Waals surface area contributed by atoms with Crippen molar-refractivity contribution in [2.45, 2.75) is 42.7 Å². The molecule has 0 spiro atoms. The molecule has 4 aromatic carbocycles. The Bertz CT molecular complexity index is 1840. The lowest BCUT2D eigenvalue weighted by molar-refractivity contribution is -0.143. The number of β-lactam (4-membered cyclic amide) rings is 1. The van der Waals surface area contributed by atoms with Crippen molar-refractivity contribution in [1.82, 2.24) is 10.6 Å². The average Bonchev–Trinajstić information content (AvgIpc) is 3.12. The van der Waals surface area contributed by atoms with Gasteiger partial charge in [0.15, 0.2) is 6.61 Å². The number of halogens is 2. The molecule has 3 amide bonds. The van der Waals surface area contributed by atoms with Crippen molar-refractivity contribution >= 4 is 41.1 Å². The quantitative estimate of drug-likeness (QED) is 0.127. The second-order valence-corrected chi connectivity index (χ2v) is 13.7. The molecule has 10 nitrogen and oxygen atoms in total. The number of amides is 3. The maximum absolute atomic E-state index is 13.7. The van der Waals surface area contributed by atoms with E-state index in [1.165, 1.54) is 60.3 Å². The molecule has 4 atom stereocenters. The van der Waals surface area contributed by atoms with Gasteiger partial charge in [0.05, 0.1) is 18.7 Å². The Hall–Kier alpha value is -5.27. The first-order valence-corrected chi connectivity index (χ1v) is 17.1. The molecule has 4 N–H and O–H groups in total. The Morgan fingerprint density at radius 3 is 2.10 bits per heavy atom. The zero-order valence-corrected chi connectivity index (χ0v) is 28.6. The van der Waals surface area contributed by atoms with Gasteiger partial charge >= 0.3 is 5.97 Å². The molecule has 0 saturated carbocycles. The number of carbonyl (C=O) groups is 4. The summed E-state index contributed by atoms with van der Waals surface area (Å²) >= 11 is 1.26. The molecule has 5 rings (SSSR count). The van der Waals surface area contributed by atoms with Crippen molar-refractivity contribution < 1.29 is 42.9 Å². The minimum atomic E-state index is -1.25. The van der Waals surface area contributed by atoms with Gasteiger partial charge < -0.3 is 30.5 Å². The van der Waals surface area contributed by atoms with Gasteiger partial charge in [0.25, 0.3) is 5.91 Å². The monoisotopic (exact) mass is 717 g/mol. The second kappa shape index (κ2) is 16.2. The highest BCUT2D eigenvalue weighted by atomic mass is 32.2. The number of anilines is 1. The highest BCUT2D eigenvalue weighted by Crippen LogP contribution is 2.46. The van der Waals surface area contributed by atoms with Gasteiger partial charge in [0.1, 0.15) is 28.7 Å². The molecule has 1 aliphatic heterocycles. The van der Waals surface area contributed by atoms with Crippen molar-refractivity contribution in [3.05, 3.63) is 131 Å². The summed E-state index contributed by atoms with van der Waals surface area (Å²) in [7, 11) is 0. The van der Waals surface area contributed by atoms with Gasteiger partial charge in [-0.25, -0.2) is 13.6 Å². The summed E-state index contributed by atoms with van der Waals surface area (Å²) in [6.45, 7) is 2.54. The molecular weight excluding hydrogens is 680 g/mol. The van der Waals surface area contributed by atoms with E-state index in [0.717, 1.165) is 11.1 Å². The van der Waals surface area contributed by atoms with Crippen LogP contribution in [-0.4, -0.2) is 64.1 Å². The third-order valence-corrected chi connectivity index (χ3v) is 10.00. The smallest absolute Gasteiger partial charge is 0.327 e. The van der Waals surface area contributed by atoms with Crippen molar-refractivity contribution in [2.75, 3.05) is 23.8 Å². The molecule has 0 radical (unpaired) electrons. The molecule has 0 aliphatic carbocycles. The fourth-order valence-corrected chi connectivity index (χ4v) is 7.05. The van der Waals surface area contributed by atoms with Crippen LogP contribution in [0.5, 0.6) is 5.75 Å². The topological polar surface area (TPSA) is 145 Å². The predicted octanol–water partition coefficient (Wildman–Crippen LogP) is 4.93.